The number of hydrogen-bond acceptors (Lipinski definition) is 9. The minimum Gasteiger partial charge on any atom is -0.465 e. The number of carbonyl (C=O) groups excluding carboxylic acids is 7. The van der Waals surface area contributed by atoms with E-state index in [2.05, 4.69) is 83.1 Å². The van der Waals surface area contributed by atoms with E-state index < -0.39 is 0 Å². The van der Waals surface area contributed by atoms with Gasteiger partial charge in [-0.15, -0.1) is 0 Å². The van der Waals surface area contributed by atoms with Gasteiger partial charge in [-0.25, -0.2) is 0 Å². The quantitative estimate of drug-likeness (QED) is 0.0701. The number of Topliss-reactive ketones (excluding diaryl/α,β-unsaturated/α-hetero) is 5. The Kier molecular flexibility index (Phi) is 61.5. The Bertz CT molecular complexity index is 1170. The van der Waals surface area contributed by atoms with Crippen LogP contribution < -0.4 is 0 Å². The van der Waals surface area contributed by atoms with Crippen molar-refractivity contribution in [3.63, 3.8) is 0 Å². The molecule has 0 atom stereocenters. The van der Waals surface area contributed by atoms with Gasteiger partial charge in [-0.2, -0.15) is 0 Å². The van der Waals surface area contributed by atoms with Gasteiger partial charge in [0.25, 0.3) is 0 Å². The van der Waals surface area contributed by atoms with Crippen LogP contribution in [0.15, 0.2) is 0 Å². The lowest BCUT2D eigenvalue weighted by Crippen LogP contribution is -2.14. The summed E-state index contributed by atoms with van der Waals surface area (Å²) in [4.78, 5) is 77.0. The van der Waals surface area contributed by atoms with Crippen molar-refractivity contribution in [3.8, 4) is 0 Å². The number of rotatable bonds is 28. The van der Waals surface area contributed by atoms with Gasteiger partial charge in [-0.3, -0.25) is 33.6 Å². The smallest absolute Gasteiger partial charge is 0.308 e. The molecule has 72 heavy (non-hydrogen) atoms. The van der Waals surface area contributed by atoms with Crippen LogP contribution in [0.3, 0.4) is 0 Å². The van der Waals surface area contributed by atoms with E-state index in [4.69, 9.17) is 9.47 Å². The molecule has 0 aliphatic carbocycles. The molecule has 0 spiro atoms. The molecular formula is C63H126O9. The first-order valence-electron chi connectivity index (χ1n) is 28.7. The van der Waals surface area contributed by atoms with E-state index in [0.29, 0.717) is 71.7 Å². The van der Waals surface area contributed by atoms with E-state index in [0.717, 1.165) is 76.0 Å². The summed E-state index contributed by atoms with van der Waals surface area (Å²) in [6.07, 6.45) is 11.3. The Hall–Kier alpha value is -2.71. The molecule has 9 nitrogen and oxygen atoms in total. The highest BCUT2D eigenvalue weighted by atomic mass is 16.5. The third kappa shape index (κ3) is 76.2. The van der Waals surface area contributed by atoms with Crippen molar-refractivity contribution in [1.82, 2.24) is 0 Å². The molecule has 0 fully saturated rings. The van der Waals surface area contributed by atoms with E-state index in [1.807, 2.05) is 111 Å². The van der Waals surface area contributed by atoms with E-state index in [1.165, 1.54) is 12.8 Å². The van der Waals surface area contributed by atoms with Gasteiger partial charge in [0, 0.05) is 61.7 Å². The first kappa shape index (κ1) is 83.3. The lowest BCUT2D eigenvalue weighted by Gasteiger charge is -2.08. The van der Waals surface area contributed by atoms with Crippen molar-refractivity contribution < 1.29 is 43.0 Å². The molecule has 0 saturated heterocycles. The first-order valence-corrected chi connectivity index (χ1v) is 28.7. The number of ketones is 5. The fraction of sp³-hybridized carbons (Fsp3) is 0.889. The normalized spacial score (nSPS) is 10.9. The summed E-state index contributed by atoms with van der Waals surface area (Å²) in [5.41, 5.74) is 0. The molecule has 0 bridgehead atoms. The zero-order chi connectivity index (χ0) is 58.4. The summed E-state index contributed by atoms with van der Waals surface area (Å²) in [6, 6.07) is 0. The van der Waals surface area contributed by atoms with Crippen molar-refractivity contribution in [2.24, 2.45) is 82.9 Å². The van der Waals surface area contributed by atoms with Crippen LogP contribution in [0.2, 0.25) is 0 Å². The minimum atomic E-state index is -0.103. The van der Waals surface area contributed by atoms with E-state index in [-0.39, 0.29) is 53.4 Å². The van der Waals surface area contributed by atoms with Gasteiger partial charge in [0.1, 0.15) is 28.9 Å². The van der Waals surface area contributed by atoms with Crippen molar-refractivity contribution in [2.45, 2.75) is 271 Å². The number of carbonyl (C=O) groups is 7. The molecule has 0 N–H and O–H groups in total. The molecule has 9 heteroatoms. The molecule has 0 heterocycles. The maximum Gasteiger partial charge on any atom is 0.308 e. The second kappa shape index (κ2) is 53.1. The van der Waals surface area contributed by atoms with Gasteiger partial charge in [0.2, 0.25) is 0 Å². The fourth-order valence-corrected chi connectivity index (χ4v) is 5.00. The van der Waals surface area contributed by atoms with Crippen LogP contribution in [0.1, 0.15) is 271 Å². The predicted octanol–water partition coefficient (Wildman–Crippen LogP) is 17.7. The molecule has 0 aromatic heterocycles. The Morgan fingerprint density at radius 2 is 0.528 bits per heavy atom. The van der Waals surface area contributed by atoms with Gasteiger partial charge in [0.15, 0.2) is 0 Å². The van der Waals surface area contributed by atoms with Crippen LogP contribution in [0.5, 0.6) is 0 Å². The molecule has 0 aromatic rings. The van der Waals surface area contributed by atoms with Crippen LogP contribution in [0.4, 0.5) is 0 Å². The maximum atomic E-state index is 11.1. The molecule has 0 aliphatic rings. The van der Waals surface area contributed by atoms with Crippen molar-refractivity contribution in [1.29, 1.82) is 0 Å². The predicted molar refractivity (Wildman–Crippen MR) is 310 cm³/mol. The average Bonchev–Trinajstić information content (AvgIpc) is 3.24. The average molecular weight is 1030 g/mol. The Morgan fingerprint density at radius 1 is 0.264 bits per heavy atom. The molecular weight excluding hydrogens is 901 g/mol. The molecule has 0 radical (unpaired) electrons. The molecule has 0 amide bonds. The lowest BCUT2D eigenvalue weighted by atomic mass is 9.99. The fourth-order valence-electron chi connectivity index (χ4n) is 5.00. The second-order valence-electron chi connectivity index (χ2n) is 24.8. The molecule has 0 rings (SSSR count). The third-order valence-corrected chi connectivity index (χ3v) is 10.6. The highest BCUT2D eigenvalue weighted by Gasteiger charge is 2.12. The largest absolute Gasteiger partial charge is 0.465 e. The van der Waals surface area contributed by atoms with Crippen LogP contribution in [0, 0.1) is 82.9 Å². The van der Waals surface area contributed by atoms with E-state index in [9.17, 15) is 33.6 Å². The first-order chi connectivity index (χ1) is 32.8. The topological polar surface area (TPSA) is 138 Å². The van der Waals surface area contributed by atoms with Crippen LogP contribution in [-0.2, 0) is 43.0 Å². The van der Waals surface area contributed by atoms with E-state index in [1.54, 1.807) is 0 Å². The zero-order valence-corrected chi connectivity index (χ0v) is 53.2. The minimum absolute atomic E-state index is 0.00116. The lowest BCUT2D eigenvalue weighted by molar-refractivity contribution is -0.148. The summed E-state index contributed by atoms with van der Waals surface area (Å²) in [6.45, 7) is 57.9. The number of esters is 2. The summed E-state index contributed by atoms with van der Waals surface area (Å²) in [7, 11) is 0. The van der Waals surface area contributed by atoms with E-state index >= 15 is 0 Å². The molecule has 432 valence electrons. The maximum absolute atomic E-state index is 11.1. The molecule has 0 saturated carbocycles. The van der Waals surface area contributed by atoms with Crippen molar-refractivity contribution in [3.05, 3.63) is 0 Å². The molecule has 0 unspecified atom stereocenters. The van der Waals surface area contributed by atoms with Gasteiger partial charge in [0.05, 0.1) is 25.0 Å². The second-order valence-corrected chi connectivity index (χ2v) is 24.8. The number of ether oxygens (including phenoxy) is 2. The van der Waals surface area contributed by atoms with Crippen LogP contribution in [0.25, 0.3) is 0 Å². The van der Waals surface area contributed by atoms with Gasteiger partial charge in [-0.05, 0) is 73.5 Å². The highest BCUT2D eigenvalue weighted by molar-refractivity contribution is 5.81. The summed E-state index contributed by atoms with van der Waals surface area (Å²) in [5, 5.41) is 0. The monoisotopic (exact) mass is 1030 g/mol. The van der Waals surface area contributed by atoms with Crippen molar-refractivity contribution in [2.75, 3.05) is 13.2 Å². The number of hydrogen-bond donors (Lipinski definition) is 0. The van der Waals surface area contributed by atoms with Gasteiger partial charge >= 0.3 is 11.9 Å². The summed E-state index contributed by atoms with van der Waals surface area (Å²) >= 11 is 0. The molecule has 0 aromatic carbocycles. The highest BCUT2D eigenvalue weighted by Crippen LogP contribution is 2.12. The summed E-state index contributed by atoms with van der Waals surface area (Å²) < 4.78 is 9.90. The van der Waals surface area contributed by atoms with Gasteiger partial charge in [-0.1, -0.05) is 207 Å². The van der Waals surface area contributed by atoms with Crippen LogP contribution in [-0.4, -0.2) is 54.1 Å². The summed E-state index contributed by atoms with van der Waals surface area (Å²) in [5.74, 6) is 7.23. The standard InChI is InChI=1S/2C10H20O.C9H18O2.2C9H18O.C8H16O2.C8H16O/c2*1-8(2)6-5-7-10(11)9(3)4;1-7(2)5-6-11-9(10)8(3)4;2*1-7(2)5-6-9(10)8(3)4;1-6(2)5-10-8(9)7(3)4;1-6(2)5-8(9)7(3)4/h2*8-9H,5-7H2,1-4H3;7-8H,5-6H2,1-4H3;2*7-8H,5-6H2,1-4H3;6-7H,5H2,1-4H3;6-7H,5H2,1-4H3. The Balaban J connectivity index is -0.000000137. The Morgan fingerprint density at radius 3 is 0.736 bits per heavy atom. The Labute approximate surface area is 449 Å². The van der Waals surface area contributed by atoms with Crippen LogP contribution >= 0.6 is 0 Å². The zero-order valence-electron chi connectivity index (χ0n) is 53.2. The molecule has 0 aliphatic heterocycles. The SMILES string of the molecule is CC(C)CC(=O)C(C)C.CC(C)CCC(=O)C(C)C.CC(C)CCC(=O)C(C)C.CC(C)CCCC(=O)C(C)C.CC(C)CCCC(=O)C(C)C.CC(C)CCOC(=O)C(C)C.CC(C)COC(=O)C(C)C. The van der Waals surface area contributed by atoms with Gasteiger partial charge < -0.3 is 9.47 Å². The van der Waals surface area contributed by atoms with Crippen molar-refractivity contribution >= 4 is 40.9 Å². The third-order valence-electron chi connectivity index (χ3n) is 10.6.